The normalized spacial score (nSPS) is 11.5. The van der Waals surface area contributed by atoms with Gasteiger partial charge in [0.15, 0.2) is 0 Å². The molecule has 0 bridgehead atoms. The first-order chi connectivity index (χ1) is 10.1. The first kappa shape index (κ1) is 15.7. The van der Waals surface area contributed by atoms with E-state index >= 15 is 0 Å². The zero-order valence-electron chi connectivity index (χ0n) is 12.0. The van der Waals surface area contributed by atoms with Crippen LogP contribution in [0.5, 0.6) is 0 Å². The summed E-state index contributed by atoms with van der Waals surface area (Å²) in [6.45, 7) is 2.53. The molecule has 112 valence electrons. The summed E-state index contributed by atoms with van der Waals surface area (Å²) in [5.41, 5.74) is 8.37. The van der Waals surface area contributed by atoms with Crippen molar-refractivity contribution in [2.45, 2.75) is 31.3 Å². The van der Waals surface area contributed by atoms with Gasteiger partial charge in [-0.15, -0.1) is 0 Å². The maximum Gasteiger partial charge on any atom is 0.241 e. The Balaban J connectivity index is 2.22. The van der Waals surface area contributed by atoms with Gasteiger partial charge in [0.05, 0.1) is 4.90 Å². The second kappa shape index (κ2) is 6.85. The number of sulfonamides is 1. The Hall–Kier alpha value is -1.69. The molecule has 0 saturated carbocycles. The van der Waals surface area contributed by atoms with E-state index in [1.807, 2.05) is 24.3 Å². The molecule has 0 heterocycles. The SMILES string of the molecule is CCc1ccccc1CNS(=O)(=O)c1ccccc1CN. The molecule has 5 heteroatoms. The Morgan fingerprint density at radius 2 is 1.52 bits per heavy atom. The maximum atomic E-state index is 12.4. The van der Waals surface area contributed by atoms with Gasteiger partial charge in [-0.05, 0) is 29.2 Å². The molecule has 21 heavy (non-hydrogen) atoms. The van der Waals surface area contributed by atoms with Crippen molar-refractivity contribution in [2.24, 2.45) is 5.73 Å². The van der Waals surface area contributed by atoms with Crippen LogP contribution in [-0.2, 0) is 29.5 Å². The smallest absolute Gasteiger partial charge is 0.241 e. The molecule has 2 aromatic carbocycles. The third kappa shape index (κ3) is 3.69. The molecule has 0 spiro atoms. The Morgan fingerprint density at radius 1 is 0.952 bits per heavy atom. The van der Waals surface area contributed by atoms with E-state index in [1.165, 1.54) is 0 Å². The van der Waals surface area contributed by atoms with Crippen LogP contribution in [0.25, 0.3) is 0 Å². The van der Waals surface area contributed by atoms with E-state index in [-0.39, 0.29) is 18.0 Å². The lowest BCUT2D eigenvalue weighted by molar-refractivity contribution is 0.580. The average molecular weight is 304 g/mol. The highest BCUT2D eigenvalue weighted by Crippen LogP contribution is 2.16. The van der Waals surface area contributed by atoms with E-state index in [9.17, 15) is 8.42 Å². The average Bonchev–Trinajstić information content (AvgIpc) is 2.53. The predicted octanol–water partition coefficient (Wildman–Crippen LogP) is 2.19. The maximum absolute atomic E-state index is 12.4. The summed E-state index contributed by atoms with van der Waals surface area (Å²) in [5.74, 6) is 0. The van der Waals surface area contributed by atoms with Crippen LogP contribution < -0.4 is 10.5 Å². The van der Waals surface area contributed by atoms with Crippen molar-refractivity contribution in [3.05, 3.63) is 65.2 Å². The van der Waals surface area contributed by atoms with Gasteiger partial charge in [0.25, 0.3) is 0 Å². The molecule has 0 atom stereocenters. The van der Waals surface area contributed by atoms with Crippen molar-refractivity contribution < 1.29 is 8.42 Å². The van der Waals surface area contributed by atoms with Gasteiger partial charge in [-0.25, -0.2) is 13.1 Å². The second-order valence-corrected chi connectivity index (χ2v) is 6.49. The lowest BCUT2D eigenvalue weighted by Gasteiger charge is -2.12. The van der Waals surface area contributed by atoms with Crippen molar-refractivity contribution in [1.29, 1.82) is 0 Å². The minimum Gasteiger partial charge on any atom is -0.326 e. The molecule has 0 aliphatic heterocycles. The van der Waals surface area contributed by atoms with Crippen LogP contribution in [0.15, 0.2) is 53.4 Å². The van der Waals surface area contributed by atoms with E-state index in [4.69, 9.17) is 5.73 Å². The summed E-state index contributed by atoms with van der Waals surface area (Å²) < 4.78 is 27.5. The topological polar surface area (TPSA) is 72.2 Å². The number of hydrogen-bond donors (Lipinski definition) is 2. The van der Waals surface area contributed by atoms with E-state index in [0.29, 0.717) is 5.56 Å². The minimum atomic E-state index is -3.56. The Kier molecular flexibility index (Phi) is 5.12. The molecule has 4 nitrogen and oxygen atoms in total. The molecule has 0 aliphatic rings. The predicted molar refractivity (Wildman–Crippen MR) is 84.2 cm³/mol. The molecule has 2 aromatic rings. The quantitative estimate of drug-likeness (QED) is 0.859. The molecule has 2 rings (SSSR count). The molecule has 3 N–H and O–H groups in total. The van der Waals surface area contributed by atoms with Gasteiger partial charge in [-0.2, -0.15) is 0 Å². The molecule has 0 aliphatic carbocycles. The van der Waals surface area contributed by atoms with Crippen LogP contribution in [-0.4, -0.2) is 8.42 Å². The third-order valence-corrected chi connectivity index (χ3v) is 4.94. The highest BCUT2D eigenvalue weighted by Gasteiger charge is 2.17. The van der Waals surface area contributed by atoms with E-state index in [0.717, 1.165) is 17.5 Å². The molecular formula is C16H20N2O2S. The summed E-state index contributed by atoms with van der Waals surface area (Å²) in [4.78, 5) is 0.251. The van der Waals surface area contributed by atoms with Crippen LogP contribution in [0.3, 0.4) is 0 Å². The first-order valence-corrected chi connectivity index (χ1v) is 8.41. The van der Waals surface area contributed by atoms with Gasteiger partial charge < -0.3 is 5.73 Å². The Labute approximate surface area is 126 Å². The summed E-state index contributed by atoms with van der Waals surface area (Å²) >= 11 is 0. The summed E-state index contributed by atoms with van der Waals surface area (Å²) in [6, 6.07) is 14.6. The number of rotatable bonds is 6. The summed E-state index contributed by atoms with van der Waals surface area (Å²) in [7, 11) is -3.56. The third-order valence-electron chi connectivity index (χ3n) is 3.43. The van der Waals surface area contributed by atoms with Crippen molar-refractivity contribution in [3.63, 3.8) is 0 Å². The zero-order valence-corrected chi connectivity index (χ0v) is 12.9. The van der Waals surface area contributed by atoms with Gasteiger partial charge in [0, 0.05) is 13.1 Å². The minimum absolute atomic E-state index is 0.197. The fourth-order valence-corrected chi connectivity index (χ4v) is 3.52. The van der Waals surface area contributed by atoms with Gasteiger partial charge in [-0.3, -0.25) is 0 Å². The second-order valence-electron chi connectivity index (χ2n) is 4.76. The van der Waals surface area contributed by atoms with Gasteiger partial charge in [-0.1, -0.05) is 49.4 Å². The van der Waals surface area contributed by atoms with Gasteiger partial charge in [0.2, 0.25) is 10.0 Å². The molecular weight excluding hydrogens is 284 g/mol. The lowest BCUT2D eigenvalue weighted by atomic mass is 10.1. The summed E-state index contributed by atoms with van der Waals surface area (Å²) in [6.07, 6.45) is 0.872. The molecule has 0 aromatic heterocycles. The monoisotopic (exact) mass is 304 g/mol. The number of hydrogen-bond acceptors (Lipinski definition) is 3. The fraction of sp³-hybridized carbons (Fsp3) is 0.250. The Morgan fingerprint density at radius 3 is 2.14 bits per heavy atom. The van der Waals surface area contributed by atoms with Crippen LogP contribution in [0.2, 0.25) is 0 Å². The van der Waals surface area contributed by atoms with E-state index in [2.05, 4.69) is 11.6 Å². The molecule has 0 saturated heterocycles. The fourth-order valence-electron chi connectivity index (χ4n) is 2.26. The van der Waals surface area contributed by atoms with Crippen LogP contribution in [0.4, 0.5) is 0 Å². The number of benzene rings is 2. The standard InChI is InChI=1S/C16H20N2O2S/c1-2-13-7-3-4-9-15(13)12-18-21(19,20)16-10-6-5-8-14(16)11-17/h3-10,18H,2,11-12,17H2,1H3. The number of aryl methyl sites for hydroxylation is 1. The van der Waals surface area contributed by atoms with Crippen molar-refractivity contribution >= 4 is 10.0 Å². The van der Waals surface area contributed by atoms with E-state index in [1.54, 1.807) is 24.3 Å². The van der Waals surface area contributed by atoms with Crippen LogP contribution in [0, 0.1) is 0 Å². The van der Waals surface area contributed by atoms with Crippen molar-refractivity contribution in [2.75, 3.05) is 0 Å². The van der Waals surface area contributed by atoms with Crippen LogP contribution >= 0.6 is 0 Å². The van der Waals surface area contributed by atoms with E-state index < -0.39 is 10.0 Å². The summed E-state index contributed by atoms with van der Waals surface area (Å²) in [5, 5.41) is 0. The first-order valence-electron chi connectivity index (χ1n) is 6.93. The van der Waals surface area contributed by atoms with Gasteiger partial charge in [0.1, 0.15) is 0 Å². The molecule has 0 radical (unpaired) electrons. The van der Waals surface area contributed by atoms with Crippen molar-refractivity contribution in [1.82, 2.24) is 4.72 Å². The van der Waals surface area contributed by atoms with Crippen LogP contribution in [0.1, 0.15) is 23.6 Å². The highest BCUT2D eigenvalue weighted by molar-refractivity contribution is 7.89. The molecule has 0 unspecified atom stereocenters. The lowest BCUT2D eigenvalue weighted by Crippen LogP contribution is -2.25. The van der Waals surface area contributed by atoms with Crippen molar-refractivity contribution in [3.8, 4) is 0 Å². The molecule has 0 amide bonds. The number of nitrogens with two attached hydrogens (primary N) is 1. The largest absolute Gasteiger partial charge is 0.326 e. The number of nitrogens with one attached hydrogen (secondary N) is 1. The Bertz CT molecular complexity index is 712. The zero-order chi connectivity index (χ0) is 15.3. The molecule has 0 fully saturated rings. The van der Waals surface area contributed by atoms with Gasteiger partial charge >= 0.3 is 0 Å². The highest BCUT2D eigenvalue weighted by atomic mass is 32.2.